The smallest absolute Gasteiger partial charge is 0.306 e. The summed E-state index contributed by atoms with van der Waals surface area (Å²) in [5, 5.41) is 24.7. The van der Waals surface area contributed by atoms with Gasteiger partial charge in [0.1, 0.15) is 12.4 Å². The van der Waals surface area contributed by atoms with Crippen LogP contribution in [0, 0.1) is 10.1 Å². The lowest BCUT2D eigenvalue weighted by Gasteiger charge is -2.21. The third-order valence-corrected chi connectivity index (χ3v) is 3.63. The van der Waals surface area contributed by atoms with Crippen molar-refractivity contribution in [3.05, 3.63) is 52.3 Å². The maximum absolute atomic E-state index is 10.6. The van der Waals surface area contributed by atoms with Crippen LogP contribution < -0.4 is 4.90 Å². The van der Waals surface area contributed by atoms with Crippen molar-refractivity contribution in [2.24, 2.45) is 0 Å². The molecule has 0 aliphatic carbocycles. The molecule has 0 spiro atoms. The molecule has 1 atom stereocenters. The highest BCUT2D eigenvalue weighted by Gasteiger charge is 2.14. The molecule has 1 aromatic heterocycles. The van der Waals surface area contributed by atoms with Gasteiger partial charge in [-0.05, 0) is 24.7 Å². The number of nitro groups is 1. The summed E-state index contributed by atoms with van der Waals surface area (Å²) >= 11 is 0. The van der Waals surface area contributed by atoms with Crippen molar-refractivity contribution in [2.45, 2.75) is 19.2 Å². The molecule has 0 saturated heterocycles. The molecule has 130 valence electrons. The standard InChI is InChI=1S/C16H23N5O3/c1-18(2)14-6-4-5-13(7-14)9-19(3)11-16(22)12-20-10-15(8-17-20)21(23)24/h4-8,10,16,22H,9,11-12H2,1-3H3. The van der Waals surface area contributed by atoms with E-state index in [4.69, 9.17) is 0 Å². The molecule has 8 nitrogen and oxygen atoms in total. The van der Waals surface area contributed by atoms with Crippen LogP contribution in [0.25, 0.3) is 0 Å². The van der Waals surface area contributed by atoms with Crippen LogP contribution in [0.1, 0.15) is 5.56 Å². The summed E-state index contributed by atoms with van der Waals surface area (Å²) < 4.78 is 1.39. The highest BCUT2D eigenvalue weighted by molar-refractivity contribution is 5.47. The first-order valence-corrected chi connectivity index (χ1v) is 7.65. The Balaban J connectivity index is 1.87. The second-order valence-electron chi connectivity index (χ2n) is 6.09. The molecule has 8 heteroatoms. The Labute approximate surface area is 141 Å². The van der Waals surface area contributed by atoms with E-state index in [1.54, 1.807) is 0 Å². The topological polar surface area (TPSA) is 87.7 Å². The molecule has 1 aromatic carbocycles. The summed E-state index contributed by atoms with van der Waals surface area (Å²) in [6.07, 6.45) is 1.85. The zero-order valence-corrected chi connectivity index (χ0v) is 14.2. The number of hydrogen-bond acceptors (Lipinski definition) is 6. The van der Waals surface area contributed by atoms with Gasteiger partial charge < -0.3 is 10.0 Å². The molecular weight excluding hydrogens is 310 g/mol. The Hall–Kier alpha value is -2.45. The van der Waals surface area contributed by atoms with Gasteiger partial charge in [-0.1, -0.05) is 12.1 Å². The van der Waals surface area contributed by atoms with Gasteiger partial charge in [0.05, 0.1) is 17.6 Å². The number of aliphatic hydroxyl groups is 1. The maximum Gasteiger partial charge on any atom is 0.306 e. The Morgan fingerprint density at radius 2 is 2.12 bits per heavy atom. The van der Waals surface area contributed by atoms with Crippen molar-refractivity contribution in [1.82, 2.24) is 14.7 Å². The zero-order chi connectivity index (χ0) is 17.7. The summed E-state index contributed by atoms with van der Waals surface area (Å²) in [6.45, 7) is 1.37. The SMILES string of the molecule is CN(Cc1cccc(N(C)C)c1)CC(O)Cn1cc([N+](=O)[O-])cn1. The molecule has 0 saturated carbocycles. The average molecular weight is 333 g/mol. The molecule has 0 amide bonds. The minimum absolute atomic E-state index is 0.0731. The number of anilines is 1. The zero-order valence-electron chi connectivity index (χ0n) is 14.2. The first-order valence-electron chi connectivity index (χ1n) is 7.65. The van der Waals surface area contributed by atoms with Crippen molar-refractivity contribution in [3.8, 4) is 0 Å². The van der Waals surface area contributed by atoms with E-state index in [-0.39, 0.29) is 12.2 Å². The van der Waals surface area contributed by atoms with Gasteiger partial charge in [-0.15, -0.1) is 0 Å². The van der Waals surface area contributed by atoms with Crippen LogP contribution in [-0.4, -0.2) is 58.5 Å². The summed E-state index contributed by atoms with van der Waals surface area (Å²) in [4.78, 5) is 14.2. The van der Waals surface area contributed by atoms with Crippen molar-refractivity contribution in [1.29, 1.82) is 0 Å². The molecule has 1 unspecified atom stereocenters. The van der Waals surface area contributed by atoms with Crippen LogP contribution in [0.3, 0.4) is 0 Å². The lowest BCUT2D eigenvalue weighted by Crippen LogP contribution is -2.32. The van der Waals surface area contributed by atoms with Crippen LogP contribution in [0.5, 0.6) is 0 Å². The number of benzene rings is 1. The Kier molecular flexibility index (Phi) is 5.88. The predicted octanol–water partition coefficient (Wildman–Crippen LogP) is 1.35. The second kappa shape index (κ2) is 7.89. The van der Waals surface area contributed by atoms with E-state index in [0.717, 1.165) is 11.3 Å². The molecular formula is C16H23N5O3. The first-order chi connectivity index (χ1) is 11.3. The Bertz CT molecular complexity index is 686. The molecule has 0 fully saturated rings. The fourth-order valence-electron chi connectivity index (χ4n) is 2.49. The highest BCUT2D eigenvalue weighted by Crippen LogP contribution is 2.15. The third-order valence-electron chi connectivity index (χ3n) is 3.63. The molecule has 0 aliphatic heterocycles. The Morgan fingerprint density at radius 1 is 1.38 bits per heavy atom. The molecule has 2 aromatic rings. The highest BCUT2D eigenvalue weighted by atomic mass is 16.6. The van der Waals surface area contributed by atoms with E-state index in [0.29, 0.717) is 13.1 Å². The van der Waals surface area contributed by atoms with E-state index in [9.17, 15) is 15.2 Å². The fourth-order valence-corrected chi connectivity index (χ4v) is 2.49. The lowest BCUT2D eigenvalue weighted by atomic mass is 10.1. The van der Waals surface area contributed by atoms with Gasteiger partial charge in [-0.2, -0.15) is 5.10 Å². The fraction of sp³-hybridized carbons (Fsp3) is 0.438. The van der Waals surface area contributed by atoms with Crippen LogP contribution in [0.4, 0.5) is 11.4 Å². The van der Waals surface area contributed by atoms with Crippen molar-refractivity contribution in [3.63, 3.8) is 0 Å². The van der Waals surface area contributed by atoms with Crippen LogP contribution in [-0.2, 0) is 13.1 Å². The average Bonchev–Trinajstić information content (AvgIpc) is 2.95. The van der Waals surface area contributed by atoms with E-state index in [1.807, 2.05) is 49.1 Å². The number of aliphatic hydroxyl groups excluding tert-OH is 1. The molecule has 1 heterocycles. The summed E-state index contributed by atoms with van der Waals surface area (Å²) in [5.74, 6) is 0. The van der Waals surface area contributed by atoms with E-state index in [2.05, 4.69) is 11.2 Å². The molecule has 2 rings (SSSR count). The van der Waals surface area contributed by atoms with Gasteiger partial charge in [-0.3, -0.25) is 19.7 Å². The van der Waals surface area contributed by atoms with Gasteiger partial charge in [0.15, 0.2) is 0 Å². The number of aromatic nitrogens is 2. The summed E-state index contributed by atoms with van der Waals surface area (Å²) in [5.41, 5.74) is 2.21. The molecule has 1 N–H and O–H groups in total. The first kappa shape index (κ1) is 17.9. The van der Waals surface area contributed by atoms with Gasteiger partial charge in [0, 0.05) is 32.9 Å². The minimum atomic E-state index is -0.661. The van der Waals surface area contributed by atoms with Gasteiger partial charge >= 0.3 is 5.69 Å². The van der Waals surface area contributed by atoms with Crippen molar-refractivity contribution < 1.29 is 10.0 Å². The van der Waals surface area contributed by atoms with Crippen molar-refractivity contribution in [2.75, 3.05) is 32.6 Å². The minimum Gasteiger partial charge on any atom is -0.390 e. The third kappa shape index (κ3) is 5.04. The predicted molar refractivity (Wildman–Crippen MR) is 92.0 cm³/mol. The summed E-state index contributed by atoms with van der Waals surface area (Å²) in [7, 11) is 5.92. The molecule has 0 bridgehead atoms. The van der Waals surface area contributed by atoms with Crippen LogP contribution in [0.2, 0.25) is 0 Å². The Morgan fingerprint density at radius 3 is 2.75 bits per heavy atom. The lowest BCUT2D eigenvalue weighted by molar-refractivity contribution is -0.385. The molecule has 24 heavy (non-hydrogen) atoms. The number of nitrogens with zero attached hydrogens (tertiary/aromatic N) is 5. The van der Waals surface area contributed by atoms with E-state index in [1.165, 1.54) is 17.1 Å². The number of hydrogen-bond donors (Lipinski definition) is 1. The van der Waals surface area contributed by atoms with E-state index >= 15 is 0 Å². The van der Waals surface area contributed by atoms with Crippen LogP contribution in [0.15, 0.2) is 36.7 Å². The van der Waals surface area contributed by atoms with Gasteiger partial charge in [0.25, 0.3) is 0 Å². The molecule has 0 radical (unpaired) electrons. The van der Waals surface area contributed by atoms with Crippen LogP contribution >= 0.6 is 0 Å². The maximum atomic E-state index is 10.6. The van der Waals surface area contributed by atoms with Gasteiger partial charge in [0.2, 0.25) is 0 Å². The van der Waals surface area contributed by atoms with Gasteiger partial charge in [-0.25, -0.2) is 0 Å². The number of likely N-dealkylation sites (N-methyl/N-ethyl adjacent to an activating group) is 1. The second-order valence-corrected chi connectivity index (χ2v) is 6.09. The quantitative estimate of drug-likeness (QED) is 0.579. The van der Waals surface area contributed by atoms with Crippen molar-refractivity contribution >= 4 is 11.4 Å². The summed E-state index contributed by atoms with van der Waals surface area (Å²) in [6, 6.07) is 8.22. The monoisotopic (exact) mass is 333 g/mol. The van der Waals surface area contributed by atoms with E-state index < -0.39 is 11.0 Å². The normalized spacial score (nSPS) is 12.4. The number of rotatable bonds is 8. The largest absolute Gasteiger partial charge is 0.390 e. The molecule has 0 aliphatic rings.